The van der Waals surface area contributed by atoms with Gasteiger partial charge in [0.1, 0.15) is 24.2 Å². The SMILES string of the molecule is Cc1ccc(C2CC(O)CC(CO)O2)cc1Cc1ccc(OC[C@@H]2Cc3ccccc3O2)cc1. The highest BCUT2D eigenvalue weighted by molar-refractivity contribution is 5.39. The summed E-state index contributed by atoms with van der Waals surface area (Å²) in [4.78, 5) is 0. The number of fused-ring (bicyclic) bond motifs is 1. The molecule has 2 heterocycles. The van der Waals surface area contributed by atoms with Crippen LogP contribution in [0.5, 0.6) is 11.5 Å². The maximum Gasteiger partial charge on any atom is 0.137 e. The van der Waals surface area contributed by atoms with Gasteiger partial charge in [0.15, 0.2) is 0 Å². The van der Waals surface area contributed by atoms with Crippen molar-refractivity contribution in [2.75, 3.05) is 13.2 Å². The Balaban J connectivity index is 1.20. The van der Waals surface area contributed by atoms with E-state index in [1.54, 1.807) is 0 Å². The van der Waals surface area contributed by atoms with Crippen molar-refractivity contribution in [1.82, 2.24) is 0 Å². The van der Waals surface area contributed by atoms with Crippen molar-refractivity contribution in [3.05, 3.63) is 94.5 Å². The van der Waals surface area contributed by atoms with Gasteiger partial charge in [-0.3, -0.25) is 0 Å². The smallest absolute Gasteiger partial charge is 0.137 e. The molecule has 2 N–H and O–H groups in total. The molecule has 2 aliphatic rings. The molecule has 2 aliphatic heterocycles. The number of aliphatic hydroxyl groups is 2. The Morgan fingerprint density at radius 3 is 2.59 bits per heavy atom. The third-order valence-electron chi connectivity index (χ3n) is 6.79. The summed E-state index contributed by atoms with van der Waals surface area (Å²) in [6.45, 7) is 2.57. The Kier molecular flexibility index (Phi) is 6.86. The van der Waals surface area contributed by atoms with Gasteiger partial charge < -0.3 is 24.4 Å². The summed E-state index contributed by atoms with van der Waals surface area (Å²) in [6, 6.07) is 22.7. The number of ether oxygens (including phenoxy) is 3. The molecule has 3 unspecified atom stereocenters. The Labute approximate surface area is 200 Å². The van der Waals surface area contributed by atoms with Crippen LogP contribution in [0.3, 0.4) is 0 Å². The van der Waals surface area contributed by atoms with E-state index in [1.165, 1.54) is 22.3 Å². The molecule has 0 radical (unpaired) electrons. The molecule has 34 heavy (non-hydrogen) atoms. The quantitative estimate of drug-likeness (QED) is 0.542. The Bertz CT molecular complexity index is 1080. The van der Waals surface area contributed by atoms with E-state index in [2.05, 4.69) is 43.3 Å². The van der Waals surface area contributed by atoms with Crippen LogP contribution in [-0.4, -0.2) is 41.7 Å². The van der Waals surface area contributed by atoms with Crippen LogP contribution in [0.2, 0.25) is 0 Å². The Morgan fingerprint density at radius 2 is 1.79 bits per heavy atom. The zero-order valence-corrected chi connectivity index (χ0v) is 19.5. The summed E-state index contributed by atoms with van der Waals surface area (Å²) in [6.07, 6.45) is 1.82. The van der Waals surface area contributed by atoms with Gasteiger partial charge in [0.2, 0.25) is 0 Å². The van der Waals surface area contributed by atoms with Crippen LogP contribution in [0.25, 0.3) is 0 Å². The van der Waals surface area contributed by atoms with Gasteiger partial charge >= 0.3 is 0 Å². The number of benzene rings is 3. The summed E-state index contributed by atoms with van der Waals surface area (Å²) >= 11 is 0. The molecule has 1 saturated heterocycles. The molecule has 0 saturated carbocycles. The molecule has 5 heteroatoms. The van der Waals surface area contributed by atoms with Gasteiger partial charge in [0.05, 0.1) is 24.9 Å². The van der Waals surface area contributed by atoms with Crippen LogP contribution >= 0.6 is 0 Å². The minimum atomic E-state index is -0.447. The zero-order chi connectivity index (χ0) is 23.5. The number of para-hydroxylation sites is 1. The van der Waals surface area contributed by atoms with Crippen LogP contribution in [-0.2, 0) is 17.6 Å². The highest BCUT2D eigenvalue weighted by Crippen LogP contribution is 2.33. The lowest BCUT2D eigenvalue weighted by Gasteiger charge is -2.32. The fourth-order valence-electron chi connectivity index (χ4n) is 4.86. The minimum Gasteiger partial charge on any atom is -0.490 e. The Morgan fingerprint density at radius 1 is 0.971 bits per heavy atom. The normalized spacial score (nSPS) is 23.9. The standard InChI is InChI=1S/C29H32O5/c1-19-6-9-22(29-16-24(31)15-26(17-30)33-29)13-23(19)12-20-7-10-25(11-8-20)32-18-27-14-21-4-2-3-5-28(21)34-27/h2-11,13,24,26-27,29-31H,12,14-18H2,1H3/t24?,26?,27-,29?/m0/s1. The predicted molar refractivity (Wildman–Crippen MR) is 130 cm³/mol. The van der Waals surface area contributed by atoms with E-state index in [9.17, 15) is 10.2 Å². The molecule has 0 bridgehead atoms. The van der Waals surface area contributed by atoms with Crippen molar-refractivity contribution < 1.29 is 24.4 Å². The van der Waals surface area contributed by atoms with E-state index in [1.807, 2.05) is 30.3 Å². The summed E-state index contributed by atoms with van der Waals surface area (Å²) in [5.74, 6) is 1.80. The van der Waals surface area contributed by atoms with E-state index < -0.39 is 6.10 Å². The van der Waals surface area contributed by atoms with Gasteiger partial charge in [-0.2, -0.15) is 0 Å². The lowest BCUT2D eigenvalue weighted by Crippen LogP contribution is -2.33. The van der Waals surface area contributed by atoms with E-state index in [0.717, 1.165) is 29.9 Å². The largest absolute Gasteiger partial charge is 0.490 e. The van der Waals surface area contributed by atoms with E-state index in [4.69, 9.17) is 14.2 Å². The summed E-state index contributed by atoms with van der Waals surface area (Å²) in [5.41, 5.74) is 5.94. The lowest BCUT2D eigenvalue weighted by atomic mass is 9.92. The number of rotatable bonds is 7. The van der Waals surface area contributed by atoms with Gasteiger partial charge in [-0.25, -0.2) is 0 Å². The first-order valence-corrected chi connectivity index (χ1v) is 12.1. The summed E-state index contributed by atoms with van der Waals surface area (Å²) in [7, 11) is 0. The van der Waals surface area contributed by atoms with Crippen LogP contribution in [0.15, 0.2) is 66.7 Å². The maximum absolute atomic E-state index is 10.2. The second-order valence-corrected chi connectivity index (χ2v) is 9.42. The monoisotopic (exact) mass is 460 g/mol. The van der Waals surface area contributed by atoms with Gasteiger partial charge in [0.25, 0.3) is 0 Å². The van der Waals surface area contributed by atoms with Gasteiger partial charge in [-0.05, 0) is 59.4 Å². The second-order valence-electron chi connectivity index (χ2n) is 9.42. The Hall–Kier alpha value is -2.86. The van der Waals surface area contributed by atoms with Crippen LogP contribution in [0, 0.1) is 6.92 Å². The van der Waals surface area contributed by atoms with Crippen molar-refractivity contribution in [3.63, 3.8) is 0 Å². The van der Waals surface area contributed by atoms with Crippen LogP contribution < -0.4 is 9.47 Å². The van der Waals surface area contributed by atoms with Gasteiger partial charge in [0, 0.05) is 19.3 Å². The first-order chi connectivity index (χ1) is 16.6. The molecule has 3 aromatic carbocycles. The molecule has 0 aromatic heterocycles. The zero-order valence-electron chi connectivity index (χ0n) is 19.5. The first kappa shape index (κ1) is 22.9. The minimum absolute atomic E-state index is 0.0495. The van der Waals surface area contributed by atoms with Crippen LogP contribution in [0.4, 0.5) is 0 Å². The van der Waals surface area contributed by atoms with Crippen molar-refractivity contribution in [2.24, 2.45) is 0 Å². The fraction of sp³-hybridized carbons (Fsp3) is 0.379. The number of aryl methyl sites for hydroxylation is 1. The number of hydrogen-bond acceptors (Lipinski definition) is 5. The molecule has 5 nitrogen and oxygen atoms in total. The molecule has 5 rings (SSSR count). The molecule has 0 aliphatic carbocycles. The third-order valence-corrected chi connectivity index (χ3v) is 6.79. The van der Waals surface area contributed by atoms with E-state index in [-0.39, 0.29) is 24.9 Å². The maximum atomic E-state index is 10.2. The van der Waals surface area contributed by atoms with Crippen molar-refractivity contribution in [2.45, 2.75) is 57.0 Å². The van der Waals surface area contributed by atoms with E-state index >= 15 is 0 Å². The topological polar surface area (TPSA) is 68.2 Å². The predicted octanol–water partition coefficient (Wildman–Crippen LogP) is 4.54. The molecule has 0 spiro atoms. The molecule has 178 valence electrons. The lowest BCUT2D eigenvalue weighted by molar-refractivity contribution is -0.113. The molecule has 4 atom stereocenters. The summed E-state index contributed by atoms with van der Waals surface area (Å²) < 4.78 is 18.0. The summed E-state index contributed by atoms with van der Waals surface area (Å²) in [5, 5.41) is 19.7. The average molecular weight is 461 g/mol. The van der Waals surface area contributed by atoms with E-state index in [0.29, 0.717) is 19.4 Å². The third kappa shape index (κ3) is 5.27. The van der Waals surface area contributed by atoms with Crippen LogP contribution in [0.1, 0.15) is 46.8 Å². The second kappa shape index (κ2) is 10.2. The molecule has 0 amide bonds. The first-order valence-electron chi connectivity index (χ1n) is 12.1. The highest BCUT2D eigenvalue weighted by atomic mass is 16.5. The fourth-order valence-corrected chi connectivity index (χ4v) is 4.86. The van der Waals surface area contributed by atoms with Crippen molar-refractivity contribution >= 4 is 0 Å². The molecular formula is C29H32O5. The highest BCUT2D eigenvalue weighted by Gasteiger charge is 2.29. The van der Waals surface area contributed by atoms with Gasteiger partial charge in [-0.15, -0.1) is 0 Å². The molecule has 1 fully saturated rings. The molecular weight excluding hydrogens is 428 g/mol. The number of aliphatic hydroxyl groups excluding tert-OH is 2. The average Bonchev–Trinajstić information content (AvgIpc) is 3.27. The van der Waals surface area contributed by atoms with Crippen molar-refractivity contribution in [1.29, 1.82) is 0 Å². The molecule has 3 aromatic rings. The van der Waals surface area contributed by atoms with Gasteiger partial charge in [-0.1, -0.05) is 48.5 Å². The van der Waals surface area contributed by atoms with Crippen molar-refractivity contribution in [3.8, 4) is 11.5 Å². The number of hydrogen-bond donors (Lipinski definition) is 2.